The minimum atomic E-state index is -1.70. The largest absolute Gasteiger partial charge is 0.531 e. The smallest absolute Gasteiger partial charge is 0.305 e. The molecule has 0 saturated heterocycles. The molecule has 1 atom stereocenters. The van der Waals surface area contributed by atoms with Gasteiger partial charge in [-0.25, -0.2) is 4.98 Å². The maximum atomic E-state index is 6.13. The maximum Gasteiger partial charge on any atom is 0.305 e. The first-order valence-corrected chi connectivity index (χ1v) is 14.1. The molecule has 1 aromatic rings. The molecule has 0 bridgehead atoms. The van der Waals surface area contributed by atoms with E-state index in [0.29, 0.717) is 17.8 Å². The number of hydrogen-bond donors (Lipinski definition) is 0. The van der Waals surface area contributed by atoms with Crippen molar-refractivity contribution < 1.29 is 8.85 Å². The lowest BCUT2D eigenvalue weighted by Gasteiger charge is -2.24. The number of nitrogens with zero attached hydrogens (tertiary/aromatic N) is 2. The summed E-state index contributed by atoms with van der Waals surface area (Å²) in [6, 6.07) is 0.449. The summed E-state index contributed by atoms with van der Waals surface area (Å²) in [6.07, 6.45) is 2.91. The van der Waals surface area contributed by atoms with Gasteiger partial charge < -0.3 is 8.85 Å². The molecule has 0 N–H and O–H groups in total. The van der Waals surface area contributed by atoms with Gasteiger partial charge in [0, 0.05) is 11.8 Å². The zero-order chi connectivity index (χ0) is 15.6. The molecule has 0 unspecified atom stereocenters. The summed E-state index contributed by atoms with van der Waals surface area (Å²) in [5, 5.41) is 0. The molecule has 0 aliphatic rings. The predicted molar refractivity (Wildman–Crippen MR) is 88.7 cm³/mol. The van der Waals surface area contributed by atoms with Gasteiger partial charge in [0.1, 0.15) is 0 Å². The Morgan fingerprint density at radius 2 is 1.60 bits per heavy atom. The van der Waals surface area contributed by atoms with Gasteiger partial charge in [0.15, 0.2) is 0 Å². The molecule has 0 saturated carbocycles. The molecule has 0 aliphatic carbocycles. The van der Waals surface area contributed by atoms with Crippen molar-refractivity contribution in [3.63, 3.8) is 0 Å². The zero-order valence-electron chi connectivity index (χ0n) is 14.1. The van der Waals surface area contributed by atoms with Crippen LogP contribution in [-0.4, -0.2) is 26.6 Å². The molecule has 4 nitrogen and oxygen atoms in total. The molecule has 0 fully saturated rings. The summed E-state index contributed by atoms with van der Waals surface area (Å²) < 4.78 is 12.0. The summed E-state index contributed by atoms with van der Waals surface area (Å²) in [5.74, 6) is 1.10. The Hall–Kier alpha value is -0.886. The van der Waals surface area contributed by atoms with Crippen molar-refractivity contribution in [3.05, 3.63) is 11.8 Å². The molecule has 0 aromatic carbocycles. The predicted octanol–water partition coefficient (Wildman–Crippen LogP) is 4.42. The Bertz CT molecular complexity index is 453. The average molecular weight is 313 g/mol. The Labute approximate surface area is 125 Å². The molecule has 0 radical (unpaired) electrons. The first kappa shape index (κ1) is 17.2. The monoisotopic (exact) mass is 312 g/mol. The fraction of sp³-hybridized carbons (Fsp3) is 0.714. The Morgan fingerprint density at radius 1 is 1.05 bits per heavy atom. The van der Waals surface area contributed by atoms with Crippen molar-refractivity contribution in [1.29, 1.82) is 0 Å². The van der Waals surface area contributed by atoms with Crippen molar-refractivity contribution in [1.82, 2.24) is 9.97 Å². The molecule has 1 heterocycles. The van der Waals surface area contributed by atoms with E-state index in [1.54, 1.807) is 0 Å². The van der Waals surface area contributed by atoms with Gasteiger partial charge in [-0.1, -0.05) is 13.8 Å². The molecule has 0 spiro atoms. The van der Waals surface area contributed by atoms with Crippen LogP contribution in [0.15, 0.2) is 6.20 Å². The van der Waals surface area contributed by atoms with Crippen LogP contribution in [0, 0.1) is 0 Å². The third-order valence-corrected chi connectivity index (χ3v) is 4.30. The van der Waals surface area contributed by atoms with Crippen molar-refractivity contribution in [2.45, 2.75) is 65.5 Å². The van der Waals surface area contributed by atoms with Crippen molar-refractivity contribution >= 4 is 16.6 Å². The summed E-state index contributed by atoms with van der Waals surface area (Å²) in [5.41, 5.74) is 1.08. The van der Waals surface area contributed by atoms with E-state index in [4.69, 9.17) is 8.85 Å². The van der Waals surface area contributed by atoms with E-state index in [9.17, 15) is 0 Å². The highest BCUT2D eigenvalue weighted by atomic mass is 28.4. The summed E-state index contributed by atoms with van der Waals surface area (Å²) in [6.45, 7) is 17.2. The summed E-state index contributed by atoms with van der Waals surface area (Å²) in [4.78, 5) is 8.89. The van der Waals surface area contributed by atoms with Crippen LogP contribution in [0.3, 0.4) is 0 Å². The van der Waals surface area contributed by atoms with E-state index in [2.05, 4.69) is 63.1 Å². The fourth-order valence-corrected chi connectivity index (χ4v) is 3.00. The molecule has 1 rings (SSSR count). The zero-order valence-corrected chi connectivity index (χ0v) is 16.1. The van der Waals surface area contributed by atoms with Gasteiger partial charge in [0.25, 0.3) is 0 Å². The summed E-state index contributed by atoms with van der Waals surface area (Å²) in [7, 11) is -3.41. The van der Waals surface area contributed by atoms with Crippen LogP contribution in [-0.2, 0) is 0 Å². The number of rotatable bonds is 6. The average Bonchev–Trinajstić information content (AvgIpc) is 2.24. The second kappa shape index (κ2) is 6.26. The second-order valence-corrected chi connectivity index (χ2v) is 16.0. The highest BCUT2D eigenvalue weighted by molar-refractivity contribution is 6.70. The van der Waals surface area contributed by atoms with E-state index in [1.165, 1.54) is 0 Å². The Balaban J connectivity index is 3.14. The highest BCUT2D eigenvalue weighted by Gasteiger charge is 2.24. The highest BCUT2D eigenvalue weighted by Crippen LogP contribution is 2.30. The van der Waals surface area contributed by atoms with E-state index in [0.717, 1.165) is 12.0 Å². The van der Waals surface area contributed by atoms with Crippen molar-refractivity contribution in [2.24, 2.45) is 0 Å². The third-order valence-electron chi connectivity index (χ3n) is 2.70. The minimum Gasteiger partial charge on any atom is -0.531 e. The minimum absolute atomic E-state index is 0.391. The van der Waals surface area contributed by atoms with E-state index in [1.807, 2.05) is 6.20 Å². The first-order valence-electron chi connectivity index (χ1n) is 7.27. The van der Waals surface area contributed by atoms with Crippen LogP contribution >= 0.6 is 0 Å². The van der Waals surface area contributed by atoms with Gasteiger partial charge in [-0.15, -0.1) is 0 Å². The lowest BCUT2D eigenvalue weighted by molar-refractivity contribution is 0.465. The number of hydrogen-bond acceptors (Lipinski definition) is 4. The van der Waals surface area contributed by atoms with Gasteiger partial charge in [0.2, 0.25) is 22.5 Å². The molecule has 6 heteroatoms. The normalized spacial score (nSPS) is 14.0. The first-order chi connectivity index (χ1) is 9.02. The molecular weight excluding hydrogens is 284 g/mol. The third kappa shape index (κ3) is 5.62. The van der Waals surface area contributed by atoms with Gasteiger partial charge in [-0.3, -0.25) is 0 Å². The SMILES string of the molecule is CC[C@@H](C)c1cnc(O[Si](C)(C)C)nc1O[Si](C)(C)C. The van der Waals surface area contributed by atoms with Gasteiger partial charge in [-0.2, -0.15) is 4.98 Å². The van der Waals surface area contributed by atoms with E-state index < -0.39 is 16.6 Å². The van der Waals surface area contributed by atoms with Crippen LogP contribution in [0.5, 0.6) is 11.9 Å². The molecule has 20 heavy (non-hydrogen) atoms. The van der Waals surface area contributed by atoms with Crippen LogP contribution < -0.4 is 8.85 Å². The Morgan fingerprint density at radius 3 is 2.05 bits per heavy atom. The number of aromatic nitrogens is 2. The van der Waals surface area contributed by atoms with Crippen molar-refractivity contribution in [2.75, 3.05) is 0 Å². The molecular formula is C14H28N2O2Si2. The van der Waals surface area contributed by atoms with Crippen LogP contribution in [0.2, 0.25) is 39.3 Å². The van der Waals surface area contributed by atoms with Crippen molar-refractivity contribution in [3.8, 4) is 11.9 Å². The second-order valence-electron chi connectivity index (χ2n) is 7.15. The summed E-state index contributed by atoms with van der Waals surface area (Å²) >= 11 is 0. The maximum absolute atomic E-state index is 6.13. The fourth-order valence-electron chi connectivity index (χ4n) is 1.61. The topological polar surface area (TPSA) is 44.2 Å². The quantitative estimate of drug-likeness (QED) is 0.729. The molecule has 0 aliphatic heterocycles. The van der Waals surface area contributed by atoms with E-state index in [-0.39, 0.29) is 0 Å². The van der Waals surface area contributed by atoms with Gasteiger partial charge in [0.05, 0.1) is 0 Å². The lowest BCUT2D eigenvalue weighted by Crippen LogP contribution is -2.32. The Kier molecular flexibility index (Phi) is 5.37. The van der Waals surface area contributed by atoms with Crippen LogP contribution in [0.25, 0.3) is 0 Å². The van der Waals surface area contributed by atoms with Gasteiger partial charge >= 0.3 is 6.01 Å². The molecule has 1 aromatic heterocycles. The molecule has 114 valence electrons. The van der Waals surface area contributed by atoms with Crippen LogP contribution in [0.1, 0.15) is 31.7 Å². The van der Waals surface area contributed by atoms with E-state index >= 15 is 0 Å². The van der Waals surface area contributed by atoms with Crippen LogP contribution in [0.4, 0.5) is 0 Å². The van der Waals surface area contributed by atoms with Gasteiger partial charge in [-0.05, 0) is 51.6 Å². The molecule has 0 amide bonds. The lowest BCUT2D eigenvalue weighted by atomic mass is 10.0. The standard InChI is InChI=1S/C14H28N2O2Si2/c1-9-11(2)12-10-15-14(18-20(6,7)8)16-13(12)17-19(3,4)5/h10-11H,9H2,1-8H3/t11-/m1/s1.